The number of hydrogen-bond donors (Lipinski definition) is 0. The normalized spacial score (nSPS) is 26.0. The minimum Gasteiger partial charge on any atom is -0.355 e. The predicted molar refractivity (Wildman–Crippen MR) is 109 cm³/mol. The monoisotopic (exact) mass is 407 g/mol. The zero-order valence-electron chi connectivity index (χ0n) is 15.6. The van der Waals surface area contributed by atoms with E-state index in [9.17, 15) is 0 Å². The molecule has 2 nitrogen and oxygen atoms in total. The lowest BCUT2D eigenvalue weighted by Crippen LogP contribution is -2.55. The van der Waals surface area contributed by atoms with E-state index in [4.69, 9.17) is 4.74 Å². The van der Waals surface area contributed by atoms with Crippen LogP contribution in [-0.4, -0.2) is 29.0 Å². The first-order valence-corrected chi connectivity index (χ1v) is 11.4. The molecule has 1 atom stereocenters. The Balaban J connectivity index is 1.53. The summed E-state index contributed by atoms with van der Waals surface area (Å²) in [5.41, 5.74) is 1.16. The maximum absolute atomic E-state index is 6.54. The zero-order chi connectivity index (χ0) is 17.4. The molecular formula is C22H34BrNO. The number of likely N-dealkylation sites (tertiary alicyclic amines) is 1. The fraction of sp³-hybridized carbons (Fsp3) is 0.727. The van der Waals surface area contributed by atoms with Crippen LogP contribution in [0.15, 0.2) is 30.3 Å². The van der Waals surface area contributed by atoms with E-state index in [1.54, 1.807) is 0 Å². The standard InChI is InChI=1S/C22H34BrNO/c23-19-22(25-18-21-12-5-2-6-13-21)15-7-8-16-24(22)17-9-14-20-10-3-1-4-11-20/h2,5-6,12-13,20H,1,3-4,7-11,14-19H2. The molecule has 2 fully saturated rings. The molecule has 1 heterocycles. The molecule has 1 aliphatic heterocycles. The lowest BCUT2D eigenvalue weighted by molar-refractivity contribution is -0.167. The number of ether oxygens (including phenoxy) is 1. The van der Waals surface area contributed by atoms with Gasteiger partial charge in [-0.15, -0.1) is 0 Å². The molecule has 0 spiro atoms. The molecule has 1 saturated heterocycles. The van der Waals surface area contributed by atoms with E-state index in [0.717, 1.165) is 17.7 Å². The van der Waals surface area contributed by atoms with Crippen molar-refractivity contribution in [3.8, 4) is 0 Å². The van der Waals surface area contributed by atoms with Crippen LogP contribution in [0.3, 0.4) is 0 Å². The molecule has 0 amide bonds. The van der Waals surface area contributed by atoms with Crippen LogP contribution in [0, 0.1) is 5.92 Å². The van der Waals surface area contributed by atoms with Crippen LogP contribution in [-0.2, 0) is 11.3 Å². The largest absolute Gasteiger partial charge is 0.355 e. The molecule has 1 aliphatic carbocycles. The van der Waals surface area contributed by atoms with Crippen molar-refractivity contribution < 1.29 is 4.74 Å². The summed E-state index contributed by atoms with van der Waals surface area (Å²) in [7, 11) is 0. The summed E-state index contributed by atoms with van der Waals surface area (Å²) in [6.07, 6.45) is 13.8. The van der Waals surface area contributed by atoms with Gasteiger partial charge in [-0.25, -0.2) is 0 Å². The topological polar surface area (TPSA) is 12.5 Å². The first-order chi connectivity index (χ1) is 12.3. The number of benzene rings is 1. The van der Waals surface area contributed by atoms with E-state index in [1.807, 2.05) is 0 Å². The van der Waals surface area contributed by atoms with Crippen molar-refractivity contribution in [3.05, 3.63) is 35.9 Å². The Bertz CT molecular complexity index is 488. The third kappa shape index (κ3) is 5.55. The van der Waals surface area contributed by atoms with E-state index >= 15 is 0 Å². The van der Waals surface area contributed by atoms with Crippen molar-refractivity contribution in [2.24, 2.45) is 5.92 Å². The molecule has 0 radical (unpaired) electrons. The van der Waals surface area contributed by atoms with Crippen LogP contribution in [0.25, 0.3) is 0 Å². The van der Waals surface area contributed by atoms with Crippen molar-refractivity contribution in [3.63, 3.8) is 0 Å². The second-order valence-electron chi connectivity index (χ2n) is 7.94. The number of rotatable bonds is 8. The third-order valence-electron chi connectivity index (χ3n) is 6.15. The predicted octanol–water partition coefficient (Wildman–Crippen LogP) is 6.14. The molecule has 1 aromatic rings. The summed E-state index contributed by atoms with van der Waals surface area (Å²) in [6.45, 7) is 3.09. The average Bonchev–Trinajstić information content (AvgIpc) is 2.69. The summed E-state index contributed by atoms with van der Waals surface area (Å²) in [5, 5.41) is 0.913. The van der Waals surface area contributed by atoms with Gasteiger partial charge in [-0.2, -0.15) is 0 Å². The van der Waals surface area contributed by atoms with Crippen molar-refractivity contribution in [2.75, 3.05) is 18.4 Å². The number of nitrogens with zero attached hydrogens (tertiary/aromatic N) is 1. The Morgan fingerprint density at radius 1 is 1.04 bits per heavy atom. The number of hydrogen-bond acceptors (Lipinski definition) is 2. The van der Waals surface area contributed by atoms with Gasteiger partial charge >= 0.3 is 0 Å². The van der Waals surface area contributed by atoms with Crippen LogP contribution >= 0.6 is 15.9 Å². The highest BCUT2D eigenvalue weighted by molar-refractivity contribution is 9.09. The van der Waals surface area contributed by atoms with Crippen molar-refractivity contribution in [2.45, 2.75) is 76.5 Å². The van der Waals surface area contributed by atoms with Gasteiger partial charge in [-0.1, -0.05) is 78.4 Å². The third-order valence-corrected chi connectivity index (χ3v) is 7.02. The van der Waals surface area contributed by atoms with Crippen LogP contribution in [0.1, 0.15) is 69.8 Å². The molecule has 1 unspecified atom stereocenters. The molecule has 140 valence electrons. The van der Waals surface area contributed by atoms with Gasteiger partial charge in [-0.05, 0) is 43.6 Å². The maximum Gasteiger partial charge on any atom is 0.131 e. The second-order valence-corrected chi connectivity index (χ2v) is 8.51. The van der Waals surface area contributed by atoms with Crippen LogP contribution in [0.2, 0.25) is 0 Å². The summed E-state index contributed by atoms with van der Waals surface area (Å²) in [4.78, 5) is 2.64. The lowest BCUT2D eigenvalue weighted by atomic mass is 9.86. The number of alkyl halides is 1. The number of piperidine rings is 1. The van der Waals surface area contributed by atoms with Gasteiger partial charge in [0, 0.05) is 18.4 Å². The Hall–Kier alpha value is -0.380. The highest BCUT2D eigenvalue weighted by Crippen LogP contribution is 2.33. The second kappa shape index (κ2) is 10.1. The van der Waals surface area contributed by atoms with Gasteiger partial charge in [0.1, 0.15) is 5.72 Å². The Kier molecular flexibility index (Phi) is 7.82. The highest BCUT2D eigenvalue weighted by atomic mass is 79.9. The maximum atomic E-state index is 6.54. The summed E-state index contributed by atoms with van der Waals surface area (Å²) < 4.78 is 6.54. The lowest BCUT2D eigenvalue weighted by Gasteiger charge is -2.46. The van der Waals surface area contributed by atoms with E-state index in [0.29, 0.717) is 6.61 Å². The van der Waals surface area contributed by atoms with Crippen LogP contribution in [0.4, 0.5) is 0 Å². The molecule has 0 N–H and O–H groups in total. The van der Waals surface area contributed by atoms with Crippen molar-refractivity contribution >= 4 is 15.9 Å². The van der Waals surface area contributed by atoms with Gasteiger partial charge in [-0.3, -0.25) is 4.90 Å². The molecule has 3 heteroatoms. The Morgan fingerprint density at radius 3 is 2.60 bits per heavy atom. The first kappa shape index (κ1) is 19.4. The van der Waals surface area contributed by atoms with E-state index in [1.165, 1.54) is 76.4 Å². The number of halogens is 1. The molecule has 1 aromatic carbocycles. The average molecular weight is 408 g/mol. The highest BCUT2D eigenvalue weighted by Gasteiger charge is 2.38. The van der Waals surface area contributed by atoms with E-state index in [2.05, 4.69) is 51.2 Å². The fourth-order valence-corrected chi connectivity index (χ4v) is 5.37. The Labute approximate surface area is 162 Å². The quantitative estimate of drug-likeness (QED) is 0.479. The molecule has 0 bridgehead atoms. The summed E-state index contributed by atoms with van der Waals surface area (Å²) in [5.74, 6) is 0.988. The molecular weight excluding hydrogens is 374 g/mol. The van der Waals surface area contributed by atoms with Crippen molar-refractivity contribution in [1.82, 2.24) is 4.90 Å². The minimum atomic E-state index is -0.110. The molecule has 0 aromatic heterocycles. The van der Waals surface area contributed by atoms with E-state index in [-0.39, 0.29) is 5.72 Å². The van der Waals surface area contributed by atoms with Gasteiger partial charge < -0.3 is 4.74 Å². The summed E-state index contributed by atoms with van der Waals surface area (Å²) in [6, 6.07) is 10.6. The van der Waals surface area contributed by atoms with Gasteiger partial charge in [0.05, 0.1) is 6.61 Å². The Morgan fingerprint density at radius 2 is 1.84 bits per heavy atom. The SMILES string of the molecule is BrCC1(OCc2ccccc2)CCCCN1CCCC1CCCCC1. The van der Waals surface area contributed by atoms with E-state index < -0.39 is 0 Å². The first-order valence-electron chi connectivity index (χ1n) is 10.3. The minimum absolute atomic E-state index is 0.110. The van der Waals surface area contributed by atoms with Gasteiger partial charge in [0.2, 0.25) is 0 Å². The molecule has 2 aliphatic rings. The van der Waals surface area contributed by atoms with Gasteiger partial charge in [0.25, 0.3) is 0 Å². The summed E-state index contributed by atoms with van der Waals surface area (Å²) >= 11 is 3.78. The smallest absolute Gasteiger partial charge is 0.131 e. The molecule has 25 heavy (non-hydrogen) atoms. The van der Waals surface area contributed by atoms with Crippen LogP contribution < -0.4 is 0 Å². The van der Waals surface area contributed by atoms with Crippen LogP contribution in [0.5, 0.6) is 0 Å². The molecule has 3 rings (SSSR count). The fourth-order valence-electron chi connectivity index (χ4n) is 4.57. The van der Waals surface area contributed by atoms with Gasteiger partial charge in [0.15, 0.2) is 0 Å². The zero-order valence-corrected chi connectivity index (χ0v) is 17.2. The molecule has 1 saturated carbocycles. The van der Waals surface area contributed by atoms with Crippen molar-refractivity contribution in [1.29, 1.82) is 0 Å².